The summed E-state index contributed by atoms with van der Waals surface area (Å²) >= 11 is 1.63. The largest absolute Gasteiger partial charge is 0.345 e. The highest BCUT2D eigenvalue weighted by molar-refractivity contribution is 7.13. The molecule has 7 nitrogen and oxygen atoms in total. The van der Waals surface area contributed by atoms with Gasteiger partial charge >= 0.3 is 0 Å². The molecule has 1 aliphatic heterocycles. The standard InChI is InChI=1S/C15H16N6OS/c22-14(11-21-13-4-2-1-3-12(13)17-18-21)19-6-8-20(9-7-19)15-16-5-10-23-15/h1-5,10H,6-9,11H2. The van der Waals surface area contributed by atoms with Crippen molar-refractivity contribution in [3.05, 3.63) is 35.8 Å². The van der Waals surface area contributed by atoms with Gasteiger partial charge in [0, 0.05) is 37.8 Å². The molecular weight excluding hydrogens is 312 g/mol. The topological polar surface area (TPSA) is 67.2 Å². The van der Waals surface area contributed by atoms with E-state index in [9.17, 15) is 4.79 Å². The van der Waals surface area contributed by atoms with Crippen molar-refractivity contribution in [3.63, 3.8) is 0 Å². The number of anilines is 1. The van der Waals surface area contributed by atoms with Crippen molar-refractivity contribution in [1.29, 1.82) is 0 Å². The summed E-state index contributed by atoms with van der Waals surface area (Å²) in [4.78, 5) is 20.9. The number of hydrogen-bond donors (Lipinski definition) is 0. The van der Waals surface area contributed by atoms with Crippen LogP contribution in [0.3, 0.4) is 0 Å². The molecule has 8 heteroatoms. The fraction of sp³-hybridized carbons (Fsp3) is 0.333. The Kier molecular flexibility index (Phi) is 3.66. The number of fused-ring (bicyclic) bond motifs is 1. The van der Waals surface area contributed by atoms with E-state index >= 15 is 0 Å². The molecule has 0 atom stereocenters. The zero-order valence-electron chi connectivity index (χ0n) is 12.5. The molecule has 1 aliphatic rings. The molecule has 0 radical (unpaired) electrons. The third-order valence-electron chi connectivity index (χ3n) is 4.03. The summed E-state index contributed by atoms with van der Waals surface area (Å²) in [5.74, 6) is 0.0828. The number of hydrogen-bond acceptors (Lipinski definition) is 6. The number of thiazole rings is 1. The average Bonchev–Trinajstić information content (AvgIpc) is 3.25. The molecule has 0 aliphatic carbocycles. The molecule has 1 aromatic carbocycles. The molecule has 3 heterocycles. The molecule has 4 rings (SSSR count). The molecule has 0 unspecified atom stereocenters. The van der Waals surface area contributed by atoms with Crippen molar-refractivity contribution in [2.45, 2.75) is 6.54 Å². The minimum atomic E-state index is 0.0828. The highest BCUT2D eigenvalue weighted by atomic mass is 32.1. The van der Waals surface area contributed by atoms with Gasteiger partial charge in [-0.1, -0.05) is 17.3 Å². The second kappa shape index (κ2) is 5.96. The van der Waals surface area contributed by atoms with E-state index in [1.54, 1.807) is 16.0 Å². The molecule has 3 aromatic rings. The maximum absolute atomic E-state index is 12.5. The normalized spacial score (nSPS) is 15.3. The summed E-state index contributed by atoms with van der Waals surface area (Å²) in [6.07, 6.45) is 1.81. The van der Waals surface area contributed by atoms with Crippen molar-refractivity contribution in [3.8, 4) is 0 Å². The fourth-order valence-corrected chi connectivity index (χ4v) is 3.48. The Morgan fingerprint density at radius 1 is 1.17 bits per heavy atom. The number of amides is 1. The Morgan fingerprint density at radius 2 is 2.00 bits per heavy atom. The van der Waals surface area contributed by atoms with Gasteiger partial charge in [-0.05, 0) is 12.1 Å². The van der Waals surface area contributed by atoms with Gasteiger partial charge in [0.15, 0.2) is 5.13 Å². The van der Waals surface area contributed by atoms with Gasteiger partial charge in [-0.3, -0.25) is 4.79 Å². The number of carbonyl (C=O) groups excluding carboxylic acids is 1. The van der Waals surface area contributed by atoms with Crippen molar-refractivity contribution in [2.24, 2.45) is 0 Å². The maximum atomic E-state index is 12.5. The van der Waals surface area contributed by atoms with Crippen LogP contribution in [0, 0.1) is 0 Å². The van der Waals surface area contributed by atoms with Crippen LogP contribution in [0.15, 0.2) is 35.8 Å². The third-order valence-corrected chi connectivity index (χ3v) is 4.86. The molecular formula is C15H16N6OS. The molecule has 2 aromatic heterocycles. The van der Waals surface area contributed by atoms with E-state index in [0.29, 0.717) is 13.1 Å². The maximum Gasteiger partial charge on any atom is 0.244 e. The van der Waals surface area contributed by atoms with E-state index in [4.69, 9.17) is 0 Å². The number of para-hydroxylation sites is 1. The number of carbonyl (C=O) groups is 1. The van der Waals surface area contributed by atoms with Crippen LogP contribution in [0.2, 0.25) is 0 Å². The Bertz CT molecular complexity index is 806. The molecule has 1 saturated heterocycles. The van der Waals surface area contributed by atoms with E-state index < -0.39 is 0 Å². The van der Waals surface area contributed by atoms with E-state index in [1.165, 1.54) is 0 Å². The summed E-state index contributed by atoms with van der Waals surface area (Å²) in [5, 5.41) is 11.2. The lowest BCUT2D eigenvalue weighted by atomic mass is 10.3. The van der Waals surface area contributed by atoms with Crippen molar-refractivity contribution < 1.29 is 4.79 Å². The molecule has 0 bridgehead atoms. The van der Waals surface area contributed by atoms with Crippen LogP contribution in [0.5, 0.6) is 0 Å². The van der Waals surface area contributed by atoms with Gasteiger partial charge in [-0.2, -0.15) is 0 Å². The van der Waals surface area contributed by atoms with Crippen LogP contribution in [-0.2, 0) is 11.3 Å². The average molecular weight is 328 g/mol. The molecule has 23 heavy (non-hydrogen) atoms. The Morgan fingerprint density at radius 3 is 2.78 bits per heavy atom. The zero-order valence-corrected chi connectivity index (χ0v) is 13.3. The number of nitrogens with zero attached hydrogens (tertiary/aromatic N) is 6. The third kappa shape index (κ3) is 2.77. The zero-order chi connectivity index (χ0) is 15.6. The number of aromatic nitrogens is 4. The van der Waals surface area contributed by atoms with Crippen molar-refractivity contribution in [1.82, 2.24) is 24.9 Å². The van der Waals surface area contributed by atoms with Crippen LogP contribution in [-0.4, -0.2) is 57.0 Å². The smallest absolute Gasteiger partial charge is 0.244 e. The SMILES string of the molecule is O=C(Cn1nnc2ccccc21)N1CCN(c2nccs2)CC1. The first kappa shape index (κ1) is 14.1. The molecule has 0 saturated carbocycles. The number of piperazine rings is 1. The van der Waals surface area contributed by atoms with Gasteiger partial charge in [0.1, 0.15) is 12.1 Å². The predicted octanol–water partition coefficient (Wildman–Crippen LogP) is 1.24. The molecule has 1 amide bonds. The lowest BCUT2D eigenvalue weighted by Crippen LogP contribution is -2.49. The summed E-state index contributed by atoms with van der Waals surface area (Å²) in [5.41, 5.74) is 1.70. The summed E-state index contributed by atoms with van der Waals surface area (Å²) in [6.45, 7) is 3.29. The lowest BCUT2D eigenvalue weighted by molar-refractivity contribution is -0.132. The first-order valence-corrected chi connectivity index (χ1v) is 8.40. The minimum Gasteiger partial charge on any atom is -0.345 e. The first-order valence-electron chi connectivity index (χ1n) is 7.52. The van der Waals surface area contributed by atoms with Gasteiger partial charge in [0.05, 0.1) is 5.52 Å². The quantitative estimate of drug-likeness (QED) is 0.723. The van der Waals surface area contributed by atoms with Gasteiger partial charge in [0.25, 0.3) is 0 Å². The van der Waals surface area contributed by atoms with Crippen LogP contribution >= 0.6 is 11.3 Å². The molecule has 118 valence electrons. The van der Waals surface area contributed by atoms with Gasteiger partial charge in [-0.15, -0.1) is 16.4 Å². The highest BCUT2D eigenvalue weighted by Crippen LogP contribution is 2.19. The van der Waals surface area contributed by atoms with Gasteiger partial charge in [-0.25, -0.2) is 9.67 Å². The summed E-state index contributed by atoms with van der Waals surface area (Å²) in [6, 6.07) is 7.68. The summed E-state index contributed by atoms with van der Waals surface area (Å²) < 4.78 is 1.67. The second-order valence-electron chi connectivity index (χ2n) is 5.42. The van der Waals surface area contributed by atoms with Crippen molar-refractivity contribution in [2.75, 3.05) is 31.1 Å². The van der Waals surface area contributed by atoms with E-state index in [2.05, 4.69) is 20.2 Å². The van der Waals surface area contributed by atoms with Crippen LogP contribution in [0.25, 0.3) is 11.0 Å². The molecule has 0 spiro atoms. The van der Waals surface area contributed by atoms with Crippen LogP contribution < -0.4 is 4.90 Å². The fourth-order valence-electron chi connectivity index (χ4n) is 2.78. The lowest BCUT2D eigenvalue weighted by Gasteiger charge is -2.34. The molecule has 1 fully saturated rings. The van der Waals surface area contributed by atoms with Gasteiger partial charge < -0.3 is 9.80 Å². The monoisotopic (exact) mass is 328 g/mol. The Labute approximate surface area is 137 Å². The van der Waals surface area contributed by atoms with Crippen LogP contribution in [0.4, 0.5) is 5.13 Å². The van der Waals surface area contributed by atoms with Gasteiger partial charge in [0.2, 0.25) is 5.91 Å². The highest BCUT2D eigenvalue weighted by Gasteiger charge is 2.23. The number of rotatable bonds is 3. The first-order chi connectivity index (χ1) is 11.3. The minimum absolute atomic E-state index is 0.0828. The summed E-state index contributed by atoms with van der Waals surface area (Å²) in [7, 11) is 0. The van der Waals surface area contributed by atoms with Crippen LogP contribution in [0.1, 0.15) is 0 Å². The van der Waals surface area contributed by atoms with E-state index in [0.717, 1.165) is 29.3 Å². The number of benzene rings is 1. The van der Waals surface area contributed by atoms with E-state index in [-0.39, 0.29) is 12.5 Å². The van der Waals surface area contributed by atoms with E-state index in [1.807, 2.05) is 40.7 Å². The Hall–Kier alpha value is -2.48. The molecule has 0 N–H and O–H groups in total. The Balaban J connectivity index is 1.40. The predicted molar refractivity (Wildman–Crippen MR) is 88.4 cm³/mol. The van der Waals surface area contributed by atoms with Crippen molar-refractivity contribution >= 4 is 33.4 Å². The second-order valence-corrected chi connectivity index (χ2v) is 6.29.